The van der Waals surface area contributed by atoms with Crippen LogP contribution in [0.15, 0.2) is 24.3 Å². The van der Waals surface area contributed by atoms with Crippen LogP contribution in [0.25, 0.3) is 0 Å². The number of hydrogen-bond donors (Lipinski definition) is 0. The number of carbonyl (C=O) groups excluding carboxylic acids is 1. The van der Waals surface area contributed by atoms with Gasteiger partial charge in [0.2, 0.25) is 0 Å². The van der Waals surface area contributed by atoms with E-state index in [9.17, 15) is 13.2 Å². The molecular weight excluding hydrogens is 318 g/mol. The third kappa shape index (κ3) is 3.48. The molecule has 110 valence electrons. The molecule has 0 saturated carbocycles. The standard InChI is InChI=1S/C13H16ClNO3S2/c1-20(17,18)12-9-19-6-5-15(12)13(16)11-4-2-3-10(7-11)8-14/h2-4,7,12H,5-6,8-9H2,1H3. The van der Waals surface area contributed by atoms with E-state index in [0.717, 1.165) is 11.3 Å². The Hall–Kier alpha value is -0.720. The predicted octanol–water partition coefficient (Wildman–Crippen LogP) is 1.99. The van der Waals surface area contributed by atoms with E-state index >= 15 is 0 Å². The van der Waals surface area contributed by atoms with Crippen LogP contribution < -0.4 is 0 Å². The van der Waals surface area contributed by atoms with Crippen molar-refractivity contribution in [3.8, 4) is 0 Å². The lowest BCUT2D eigenvalue weighted by molar-refractivity contribution is 0.0749. The van der Waals surface area contributed by atoms with Crippen LogP contribution in [-0.4, -0.2) is 48.9 Å². The number of benzene rings is 1. The second kappa shape index (κ2) is 6.37. The minimum Gasteiger partial charge on any atom is -0.320 e. The molecule has 1 saturated heterocycles. The van der Waals surface area contributed by atoms with Crippen molar-refractivity contribution >= 4 is 39.1 Å². The van der Waals surface area contributed by atoms with Gasteiger partial charge in [-0.25, -0.2) is 8.42 Å². The normalized spacial score (nSPS) is 19.9. The zero-order valence-corrected chi connectivity index (χ0v) is 13.5. The van der Waals surface area contributed by atoms with E-state index in [2.05, 4.69) is 0 Å². The van der Waals surface area contributed by atoms with E-state index in [1.807, 2.05) is 6.07 Å². The Morgan fingerprint density at radius 3 is 2.90 bits per heavy atom. The molecule has 1 aliphatic rings. The third-order valence-corrected chi connectivity index (χ3v) is 6.12. The first-order chi connectivity index (χ1) is 9.43. The van der Waals surface area contributed by atoms with Gasteiger partial charge in [-0.1, -0.05) is 12.1 Å². The fraction of sp³-hybridized carbons (Fsp3) is 0.462. The summed E-state index contributed by atoms with van der Waals surface area (Å²) in [4.78, 5) is 14.0. The van der Waals surface area contributed by atoms with E-state index in [1.165, 1.54) is 11.2 Å². The molecule has 1 aromatic rings. The van der Waals surface area contributed by atoms with Crippen molar-refractivity contribution in [1.29, 1.82) is 0 Å². The lowest BCUT2D eigenvalue weighted by Crippen LogP contribution is -2.49. The number of carbonyl (C=O) groups is 1. The second-order valence-electron chi connectivity index (χ2n) is 4.69. The zero-order chi connectivity index (χ0) is 14.8. The molecule has 20 heavy (non-hydrogen) atoms. The van der Waals surface area contributed by atoms with Gasteiger partial charge in [0.25, 0.3) is 5.91 Å². The fourth-order valence-electron chi connectivity index (χ4n) is 2.12. The van der Waals surface area contributed by atoms with Crippen molar-refractivity contribution in [2.24, 2.45) is 0 Å². The van der Waals surface area contributed by atoms with Crippen molar-refractivity contribution in [1.82, 2.24) is 4.90 Å². The minimum atomic E-state index is -3.29. The summed E-state index contributed by atoms with van der Waals surface area (Å²) < 4.78 is 23.7. The smallest absolute Gasteiger partial charge is 0.254 e. The summed E-state index contributed by atoms with van der Waals surface area (Å²) in [7, 11) is -3.29. The molecule has 1 amide bonds. The number of thioether (sulfide) groups is 1. The summed E-state index contributed by atoms with van der Waals surface area (Å²) in [6, 6.07) is 7.01. The molecule has 0 aliphatic carbocycles. The van der Waals surface area contributed by atoms with E-state index in [1.54, 1.807) is 30.0 Å². The Morgan fingerprint density at radius 1 is 1.50 bits per heavy atom. The quantitative estimate of drug-likeness (QED) is 0.794. The SMILES string of the molecule is CS(=O)(=O)C1CSCCN1C(=O)c1cccc(CCl)c1. The molecule has 0 spiro atoms. The van der Waals surface area contributed by atoms with Crippen LogP contribution in [0.1, 0.15) is 15.9 Å². The molecular formula is C13H16ClNO3S2. The molecule has 1 heterocycles. The van der Waals surface area contributed by atoms with Crippen molar-refractivity contribution in [2.75, 3.05) is 24.3 Å². The van der Waals surface area contributed by atoms with E-state index in [0.29, 0.717) is 23.7 Å². The van der Waals surface area contributed by atoms with Gasteiger partial charge in [-0.2, -0.15) is 11.8 Å². The molecule has 0 radical (unpaired) electrons. The first-order valence-corrected chi connectivity index (χ1v) is 9.80. The Kier molecular flexibility index (Phi) is 4.99. The number of hydrogen-bond acceptors (Lipinski definition) is 4. The summed E-state index contributed by atoms with van der Waals surface area (Å²) in [5, 5.41) is -0.742. The van der Waals surface area contributed by atoms with Crippen molar-refractivity contribution < 1.29 is 13.2 Å². The molecule has 0 aromatic heterocycles. The number of rotatable bonds is 3. The van der Waals surface area contributed by atoms with Crippen LogP contribution in [0.2, 0.25) is 0 Å². The molecule has 0 bridgehead atoms. The van der Waals surface area contributed by atoms with Gasteiger partial charge in [0.05, 0.1) is 0 Å². The molecule has 1 fully saturated rings. The largest absolute Gasteiger partial charge is 0.320 e. The molecule has 4 nitrogen and oxygen atoms in total. The Balaban J connectivity index is 2.30. The number of sulfone groups is 1. The van der Waals surface area contributed by atoms with Gasteiger partial charge in [-0.05, 0) is 17.7 Å². The Morgan fingerprint density at radius 2 is 2.25 bits per heavy atom. The maximum absolute atomic E-state index is 12.5. The van der Waals surface area contributed by atoms with Crippen LogP contribution in [-0.2, 0) is 15.7 Å². The molecule has 1 unspecified atom stereocenters. The maximum atomic E-state index is 12.5. The number of alkyl halides is 1. The van der Waals surface area contributed by atoms with Gasteiger partial charge in [0.1, 0.15) is 5.37 Å². The third-order valence-electron chi connectivity index (χ3n) is 3.17. The predicted molar refractivity (Wildman–Crippen MR) is 83.0 cm³/mol. The fourth-order valence-corrected chi connectivity index (χ4v) is 5.10. The minimum absolute atomic E-state index is 0.243. The Bertz CT molecular complexity index is 603. The van der Waals surface area contributed by atoms with Gasteiger partial charge in [-0.3, -0.25) is 4.79 Å². The van der Waals surface area contributed by atoms with E-state index in [4.69, 9.17) is 11.6 Å². The van der Waals surface area contributed by atoms with Crippen molar-refractivity contribution in [3.05, 3.63) is 35.4 Å². The van der Waals surface area contributed by atoms with Crippen LogP contribution in [0.5, 0.6) is 0 Å². The summed E-state index contributed by atoms with van der Waals surface area (Å²) in [6.07, 6.45) is 1.18. The van der Waals surface area contributed by atoms with Gasteiger partial charge >= 0.3 is 0 Å². The molecule has 2 rings (SSSR count). The molecule has 7 heteroatoms. The van der Waals surface area contributed by atoms with Crippen molar-refractivity contribution in [2.45, 2.75) is 11.3 Å². The monoisotopic (exact) mass is 333 g/mol. The average Bonchev–Trinajstić information content (AvgIpc) is 2.45. The summed E-state index contributed by atoms with van der Waals surface area (Å²) in [5.41, 5.74) is 1.34. The van der Waals surface area contributed by atoms with Gasteiger partial charge in [-0.15, -0.1) is 11.6 Å². The van der Waals surface area contributed by atoms with E-state index in [-0.39, 0.29) is 5.91 Å². The molecule has 0 N–H and O–H groups in total. The zero-order valence-electron chi connectivity index (χ0n) is 11.1. The van der Waals surface area contributed by atoms with Crippen LogP contribution in [0, 0.1) is 0 Å². The first kappa shape index (κ1) is 15.7. The molecule has 1 aliphatic heterocycles. The van der Waals surface area contributed by atoms with Gasteiger partial charge < -0.3 is 4.90 Å². The highest BCUT2D eigenvalue weighted by atomic mass is 35.5. The van der Waals surface area contributed by atoms with Crippen LogP contribution in [0.3, 0.4) is 0 Å². The molecule has 1 aromatic carbocycles. The highest BCUT2D eigenvalue weighted by molar-refractivity contribution is 8.00. The van der Waals surface area contributed by atoms with Crippen LogP contribution >= 0.6 is 23.4 Å². The van der Waals surface area contributed by atoms with Crippen molar-refractivity contribution in [3.63, 3.8) is 0 Å². The second-order valence-corrected chi connectivity index (χ2v) is 8.31. The van der Waals surface area contributed by atoms with E-state index < -0.39 is 15.2 Å². The summed E-state index contributed by atoms with van der Waals surface area (Å²) >= 11 is 7.33. The highest BCUT2D eigenvalue weighted by Crippen LogP contribution is 2.22. The van der Waals surface area contributed by atoms with Gasteiger partial charge in [0, 0.05) is 35.7 Å². The Labute approximate surface area is 128 Å². The summed E-state index contributed by atoms with van der Waals surface area (Å²) in [5.74, 6) is 1.27. The number of nitrogens with zero attached hydrogens (tertiary/aromatic N) is 1. The average molecular weight is 334 g/mol. The topological polar surface area (TPSA) is 54.5 Å². The number of halogens is 1. The van der Waals surface area contributed by atoms with Gasteiger partial charge in [0.15, 0.2) is 9.84 Å². The highest BCUT2D eigenvalue weighted by Gasteiger charge is 2.34. The summed E-state index contributed by atoms with van der Waals surface area (Å²) in [6.45, 7) is 0.451. The first-order valence-electron chi connectivity index (χ1n) is 6.16. The lowest BCUT2D eigenvalue weighted by atomic mass is 10.1. The number of amides is 1. The maximum Gasteiger partial charge on any atom is 0.254 e. The lowest BCUT2D eigenvalue weighted by Gasteiger charge is -2.34. The van der Waals surface area contributed by atoms with Crippen LogP contribution in [0.4, 0.5) is 0 Å². The molecule has 1 atom stereocenters.